The van der Waals surface area contributed by atoms with Crippen LogP contribution in [-0.4, -0.2) is 76.8 Å². The first-order valence-electron chi connectivity index (χ1n) is 17.6. The van der Waals surface area contributed by atoms with Crippen LogP contribution in [0.3, 0.4) is 0 Å². The number of methoxy groups -OCH3 is 2. The van der Waals surface area contributed by atoms with E-state index in [1.807, 2.05) is 72.9 Å². The van der Waals surface area contributed by atoms with Crippen LogP contribution >= 0.6 is 0 Å². The zero-order valence-electron chi connectivity index (χ0n) is 30.4. The molecule has 4 aromatic heterocycles. The van der Waals surface area contributed by atoms with Crippen molar-refractivity contribution in [3.8, 4) is 22.5 Å². The smallest absolute Gasteiger partial charge is 0.337 e. The third-order valence-corrected chi connectivity index (χ3v) is 10.1. The highest BCUT2D eigenvalue weighted by atomic mass is 32.2. The number of nitrogens with one attached hydrogen (secondary N) is 1. The van der Waals surface area contributed by atoms with Gasteiger partial charge in [0, 0.05) is 57.4 Å². The van der Waals surface area contributed by atoms with E-state index in [2.05, 4.69) is 25.3 Å². The molecule has 4 aromatic carbocycles. The molecule has 278 valence electrons. The normalized spacial score (nSPS) is 12.6. The molecule has 0 saturated heterocycles. The predicted molar refractivity (Wildman–Crippen MR) is 213 cm³/mol. The second-order valence-electron chi connectivity index (χ2n) is 13.2. The molecule has 13 nitrogen and oxygen atoms in total. The molecule has 1 N–H and O–H groups in total. The average molecular weight is 764 g/mol. The van der Waals surface area contributed by atoms with E-state index in [0.29, 0.717) is 56.1 Å². The molecule has 1 fully saturated rings. The molecule has 0 bridgehead atoms. The van der Waals surface area contributed by atoms with Crippen molar-refractivity contribution >= 4 is 71.3 Å². The van der Waals surface area contributed by atoms with Gasteiger partial charge in [0.1, 0.15) is 11.0 Å². The number of carbonyl (C=O) groups is 2. The molecule has 56 heavy (non-hydrogen) atoms. The zero-order chi connectivity index (χ0) is 39.0. The first kappa shape index (κ1) is 36.1. The number of aromatic nitrogens is 6. The Labute approximate surface area is 320 Å². The Morgan fingerprint density at radius 1 is 0.625 bits per heavy atom. The summed E-state index contributed by atoms with van der Waals surface area (Å²) in [5.74, 6) is -0.224. The lowest BCUT2D eigenvalue weighted by Gasteiger charge is -2.11. The molecule has 0 amide bonds. The fourth-order valence-corrected chi connectivity index (χ4v) is 6.80. The SMILES string of the molecule is COC(=O)c1ccc2c(c1)nc(-c1ccccc1)c1nc(NC3CC3)ncc12.COC(=O)c1ccc2c(c1)nc(-c1ccccc1)c1nc(S(C)(=O)=O)ncc12. The van der Waals surface area contributed by atoms with Gasteiger partial charge in [0.2, 0.25) is 20.9 Å². The minimum absolute atomic E-state index is 0.260. The summed E-state index contributed by atoms with van der Waals surface area (Å²) in [6.07, 6.45) is 6.68. The number of esters is 2. The van der Waals surface area contributed by atoms with Gasteiger partial charge in [0.25, 0.3) is 0 Å². The topological polar surface area (TPSA) is 176 Å². The summed E-state index contributed by atoms with van der Waals surface area (Å²) in [6, 6.07) is 30.1. The molecule has 4 heterocycles. The molecule has 1 aliphatic carbocycles. The molecule has 9 rings (SSSR count). The van der Waals surface area contributed by atoms with E-state index in [1.165, 1.54) is 20.4 Å². The van der Waals surface area contributed by atoms with E-state index in [1.54, 1.807) is 30.3 Å². The minimum Gasteiger partial charge on any atom is -0.465 e. The van der Waals surface area contributed by atoms with Crippen LogP contribution in [-0.2, 0) is 19.3 Å². The van der Waals surface area contributed by atoms with Crippen molar-refractivity contribution in [3.05, 3.63) is 121 Å². The second-order valence-corrected chi connectivity index (χ2v) is 15.1. The molecule has 0 atom stereocenters. The van der Waals surface area contributed by atoms with Gasteiger partial charge in [-0.1, -0.05) is 72.8 Å². The van der Waals surface area contributed by atoms with Gasteiger partial charge < -0.3 is 14.8 Å². The second kappa shape index (κ2) is 14.7. The van der Waals surface area contributed by atoms with Crippen molar-refractivity contribution < 1.29 is 27.5 Å². The Hall–Kier alpha value is -6.93. The van der Waals surface area contributed by atoms with Crippen molar-refractivity contribution in [3.63, 3.8) is 0 Å². The van der Waals surface area contributed by atoms with Crippen LogP contribution in [0.25, 0.3) is 66.1 Å². The largest absolute Gasteiger partial charge is 0.465 e. The summed E-state index contributed by atoms with van der Waals surface area (Å²) in [5, 5.41) is 6.26. The Bertz CT molecular complexity index is 2940. The molecule has 0 spiro atoms. The number of pyridine rings is 2. The number of hydrogen-bond donors (Lipinski definition) is 1. The summed E-state index contributed by atoms with van der Waals surface area (Å²) >= 11 is 0. The van der Waals surface area contributed by atoms with Gasteiger partial charge in [0.15, 0.2) is 0 Å². The highest BCUT2D eigenvalue weighted by Crippen LogP contribution is 2.34. The van der Waals surface area contributed by atoms with E-state index in [9.17, 15) is 18.0 Å². The van der Waals surface area contributed by atoms with E-state index in [4.69, 9.17) is 19.4 Å². The molecule has 0 radical (unpaired) electrons. The number of anilines is 1. The summed E-state index contributed by atoms with van der Waals surface area (Å²) in [7, 11) is -0.890. The molecule has 1 aliphatic rings. The Kier molecular flexibility index (Phi) is 9.48. The fraction of sp³-hybridized carbons (Fsp3) is 0.143. The molecular formula is C42H33N7O6S. The van der Waals surface area contributed by atoms with E-state index < -0.39 is 15.8 Å². The van der Waals surface area contributed by atoms with Crippen LogP contribution < -0.4 is 5.32 Å². The lowest BCUT2D eigenvalue weighted by molar-refractivity contribution is 0.0592. The molecule has 0 unspecified atom stereocenters. The van der Waals surface area contributed by atoms with Gasteiger partial charge in [0.05, 0.1) is 47.8 Å². The Balaban J connectivity index is 0.000000157. The first-order valence-corrected chi connectivity index (χ1v) is 19.5. The number of nitrogens with zero attached hydrogens (tertiary/aromatic N) is 6. The lowest BCUT2D eigenvalue weighted by Crippen LogP contribution is -2.06. The van der Waals surface area contributed by atoms with Gasteiger partial charge in [-0.3, -0.25) is 0 Å². The van der Waals surface area contributed by atoms with Gasteiger partial charge in [-0.2, -0.15) is 0 Å². The maximum absolute atomic E-state index is 11.9. The van der Waals surface area contributed by atoms with Crippen molar-refractivity contribution in [2.75, 3.05) is 25.8 Å². The molecule has 0 aliphatic heterocycles. The van der Waals surface area contributed by atoms with E-state index in [0.717, 1.165) is 52.2 Å². The van der Waals surface area contributed by atoms with Crippen LogP contribution in [0.15, 0.2) is 115 Å². The summed E-state index contributed by atoms with van der Waals surface area (Å²) < 4.78 is 33.5. The van der Waals surface area contributed by atoms with Gasteiger partial charge in [-0.05, 0) is 37.1 Å². The van der Waals surface area contributed by atoms with E-state index in [-0.39, 0.29) is 11.1 Å². The number of rotatable bonds is 7. The first-order chi connectivity index (χ1) is 27.1. The maximum atomic E-state index is 11.9. The number of ether oxygens (including phenoxy) is 2. The van der Waals surface area contributed by atoms with Crippen molar-refractivity contribution in [2.45, 2.75) is 24.0 Å². The number of benzene rings is 4. The van der Waals surface area contributed by atoms with Crippen LogP contribution in [0, 0.1) is 0 Å². The Morgan fingerprint density at radius 3 is 1.57 bits per heavy atom. The number of sulfone groups is 1. The lowest BCUT2D eigenvalue weighted by atomic mass is 10.0. The molecular weight excluding hydrogens is 731 g/mol. The van der Waals surface area contributed by atoms with Crippen molar-refractivity contribution in [2.24, 2.45) is 0 Å². The van der Waals surface area contributed by atoms with Crippen LogP contribution in [0.1, 0.15) is 33.6 Å². The minimum atomic E-state index is -3.58. The van der Waals surface area contributed by atoms with E-state index >= 15 is 0 Å². The highest BCUT2D eigenvalue weighted by Gasteiger charge is 2.23. The average Bonchev–Trinajstić information content (AvgIpc) is 4.06. The third-order valence-electron chi connectivity index (χ3n) is 9.22. The summed E-state index contributed by atoms with van der Waals surface area (Å²) in [4.78, 5) is 51.0. The molecule has 1 saturated carbocycles. The van der Waals surface area contributed by atoms with Crippen molar-refractivity contribution in [1.29, 1.82) is 0 Å². The number of carbonyl (C=O) groups excluding carboxylic acids is 2. The zero-order valence-corrected chi connectivity index (χ0v) is 31.2. The molecule has 14 heteroatoms. The predicted octanol–water partition coefficient (Wildman–Crippen LogP) is 7.24. The molecule has 8 aromatic rings. The summed E-state index contributed by atoms with van der Waals surface area (Å²) in [6.45, 7) is 0. The fourth-order valence-electron chi connectivity index (χ4n) is 6.30. The number of hydrogen-bond acceptors (Lipinski definition) is 13. The van der Waals surface area contributed by atoms with Gasteiger partial charge in [-0.25, -0.2) is 47.9 Å². The van der Waals surface area contributed by atoms with Crippen molar-refractivity contribution in [1.82, 2.24) is 29.9 Å². The third kappa shape index (κ3) is 7.17. The van der Waals surface area contributed by atoms with Gasteiger partial charge >= 0.3 is 11.9 Å². The van der Waals surface area contributed by atoms with Crippen LogP contribution in [0.4, 0.5) is 5.95 Å². The highest BCUT2D eigenvalue weighted by molar-refractivity contribution is 7.90. The van der Waals surface area contributed by atoms with Crippen LogP contribution in [0.5, 0.6) is 0 Å². The Morgan fingerprint density at radius 2 is 1.11 bits per heavy atom. The standard InChI is InChI=1S/C22H18N4O2.C20H15N3O4S/c1-28-21(27)14-7-10-16-17-12-23-22(24-15-8-9-15)26-20(17)19(25-18(16)11-14)13-5-3-2-4-6-13;1-27-19(24)13-8-9-14-15-11-21-20(28(2,25)26)23-18(15)17(22-16(14)10-13)12-6-4-3-5-7-12/h2-7,10-12,15H,8-9H2,1H3,(H,23,24,26);3-11H,1-2H3. The summed E-state index contributed by atoms with van der Waals surface area (Å²) in [5.41, 5.74) is 6.35. The quantitative estimate of drug-likeness (QED) is 0.0977. The maximum Gasteiger partial charge on any atom is 0.337 e. The number of fused-ring (bicyclic) bond motifs is 6. The van der Waals surface area contributed by atoms with Crippen LogP contribution in [0.2, 0.25) is 0 Å². The monoisotopic (exact) mass is 763 g/mol. The van der Waals surface area contributed by atoms with Gasteiger partial charge in [-0.15, -0.1) is 0 Å².